The molecule has 0 aromatic heterocycles. The van der Waals surface area contributed by atoms with Crippen LogP contribution in [0.5, 0.6) is 0 Å². The maximum Gasteiger partial charge on any atom is 0.279 e. The average Bonchev–Trinajstić information content (AvgIpc) is 2.03. The highest BCUT2D eigenvalue weighted by atomic mass is 14.9. The van der Waals surface area contributed by atoms with E-state index in [4.69, 9.17) is 5.53 Å². The first-order valence-electron chi connectivity index (χ1n) is 4.13. The summed E-state index contributed by atoms with van der Waals surface area (Å²) in [6, 6.07) is 0. The molecule has 0 aromatic rings. The highest BCUT2D eigenvalue weighted by molar-refractivity contribution is 5.91. The van der Waals surface area contributed by atoms with Crippen molar-refractivity contribution in [3.05, 3.63) is 5.53 Å². The highest BCUT2D eigenvalue weighted by Gasteiger charge is 2.50. The van der Waals surface area contributed by atoms with E-state index in [0.29, 0.717) is 0 Å². The molecule has 0 saturated heterocycles. The molecule has 1 rings (SSSR count). The van der Waals surface area contributed by atoms with Crippen LogP contribution in [0.2, 0.25) is 0 Å². The smallest absolute Gasteiger partial charge is 0.279 e. The van der Waals surface area contributed by atoms with Gasteiger partial charge in [-0.3, -0.25) is 0 Å². The van der Waals surface area contributed by atoms with E-state index >= 15 is 0 Å². The Labute approximate surface area is 68.2 Å². The zero-order chi connectivity index (χ0) is 8.70. The molecule has 0 atom stereocenters. The van der Waals surface area contributed by atoms with Gasteiger partial charge in [-0.2, -0.15) is 4.79 Å². The monoisotopic (exact) mass is 152 g/mol. The molecule has 1 aliphatic carbocycles. The fourth-order valence-corrected chi connectivity index (χ4v) is 2.05. The SMILES string of the molecule is CC1(C)CCC(C)(C)C1=[N+]=[N-]. The van der Waals surface area contributed by atoms with Crippen LogP contribution in [0.15, 0.2) is 0 Å². The van der Waals surface area contributed by atoms with Crippen molar-refractivity contribution in [3.8, 4) is 0 Å². The van der Waals surface area contributed by atoms with E-state index in [1.54, 1.807) is 0 Å². The third kappa shape index (κ3) is 1.23. The molecule has 2 nitrogen and oxygen atoms in total. The van der Waals surface area contributed by atoms with Gasteiger partial charge in [-0.25, -0.2) is 0 Å². The van der Waals surface area contributed by atoms with Crippen LogP contribution in [-0.2, 0) is 0 Å². The van der Waals surface area contributed by atoms with E-state index in [2.05, 4.69) is 32.5 Å². The number of hydrogen-bond acceptors (Lipinski definition) is 0. The van der Waals surface area contributed by atoms with E-state index in [1.165, 1.54) is 0 Å². The molecule has 1 fully saturated rings. The number of hydrogen-bond donors (Lipinski definition) is 0. The predicted molar refractivity (Wildman–Crippen MR) is 45.4 cm³/mol. The van der Waals surface area contributed by atoms with Crippen LogP contribution < -0.4 is 0 Å². The molecule has 0 bridgehead atoms. The Bertz CT molecular complexity index is 202. The zero-order valence-corrected chi connectivity index (χ0v) is 7.81. The Hall–Kier alpha value is -0.620. The summed E-state index contributed by atoms with van der Waals surface area (Å²) in [4.78, 5) is 3.41. The van der Waals surface area contributed by atoms with Crippen molar-refractivity contribution in [3.63, 3.8) is 0 Å². The molecule has 0 amide bonds. The average molecular weight is 152 g/mol. The fraction of sp³-hybridized carbons (Fsp3) is 0.889. The summed E-state index contributed by atoms with van der Waals surface area (Å²) in [6.07, 6.45) is 2.25. The number of rotatable bonds is 0. The summed E-state index contributed by atoms with van der Waals surface area (Å²) < 4.78 is 0. The zero-order valence-electron chi connectivity index (χ0n) is 7.81. The van der Waals surface area contributed by atoms with Crippen LogP contribution in [0.4, 0.5) is 0 Å². The standard InChI is InChI=1S/C9H16N2/c1-8(2)5-6-9(3,4)7(8)11-10/h5-6H2,1-4H3. The van der Waals surface area contributed by atoms with Crippen molar-refractivity contribution in [2.45, 2.75) is 40.5 Å². The van der Waals surface area contributed by atoms with Crippen molar-refractivity contribution >= 4 is 5.71 Å². The van der Waals surface area contributed by atoms with Gasteiger partial charge in [0.2, 0.25) is 0 Å². The lowest BCUT2D eigenvalue weighted by Crippen LogP contribution is -2.28. The second-order valence-electron chi connectivity index (χ2n) is 4.72. The van der Waals surface area contributed by atoms with Gasteiger partial charge < -0.3 is 5.53 Å². The van der Waals surface area contributed by atoms with Crippen molar-refractivity contribution in [2.75, 3.05) is 0 Å². The van der Waals surface area contributed by atoms with Crippen LogP contribution in [-0.4, -0.2) is 10.5 Å². The maximum atomic E-state index is 8.83. The predicted octanol–water partition coefficient (Wildman–Crippen LogP) is 2.50. The second kappa shape index (κ2) is 2.18. The van der Waals surface area contributed by atoms with Gasteiger partial charge in [-0.1, -0.05) is 0 Å². The van der Waals surface area contributed by atoms with Gasteiger partial charge in [-0.15, -0.1) is 0 Å². The molecule has 0 aromatic carbocycles. The van der Waals surface area contributed by atoms with Gasteiger partial charge in [0.25, 0.3) is 5.71 Å². The Morgan fingerprint density at radius 1 is 1.09 bits per heavy atom. The lowest BCUT2D eigenvalue weighted by molar-refractivity contribution is -0.0264. The van der Waals surface area contributed by atoms with Crippen LogP contribution >= 0.6 is 0 Å². The largest absolute Gasteiger partial charge is 0.362 e. The van der Waals surface area contributed by atoms with Crippen molar-refractivity contribution in [1.82, 2.24) is 0 Å². The highest BCUT2D eigenvalue weighted by Crippen LogP contribution is 2.44. The third-order valence-electron chi connectivity index (χ3n) is 2.76. The van der Waals surface area contributed by atoms with Gasteiger partial charge >= 0.3 is 0 Å². The molecular weight excluding hydrogens is 136 g/mol. The van der Waals surface area contributed by atoms with E-state index in [9.17, 15) is 0 Å². The maximum absolute atomic E-state index is 8.83. The summed E-state index contributed by atoms with van der Waals surface area (Å²) in [5.41, 5.74) is 9.97. The number of nitrogens with zero attached hydrogens (tertiary/aromatic N) is 2. The molecular formula is C9H16N2. The first-order chi connectivity index (χ1) is 4.90. The third-order valence-corrected chi connectivity index (χ3v) is 2.76. The summed E-state index contributed by atoms with van der Waals surface area (Å²) in [5, 5.41) is 0. The minimum absolute atomic E-state index is 0.0955. The molecule has 1 saturated carbocycles. The molecule has 0 aliphatic heterocycles. The first kappa shape index (κ1) is 8.48. The van der Waals surface area contributed by atoms with Crippen LogP contribution in [0.1, 0.15) is 40.5 Å². The van der Waals surface area contributed by atoms with Crippen LogP contribution in [0, 0.1) is 10.8 Å². The lowest BCUT2D eigenvalue weighted by atomic mass is 9.82. The summed E-state index contributed by atoms with van der Waals surface area (Å²) >= 11 is 0. The van der Waals surface area contributed by atoms with Gasteiger partial charge in [0.1, 0.15) is 0 Å². The summed E-state index contributed by atoms with van der Waals surface area (Å²) in [5.74, 6) is 0. The second-order valence-corrected chi connectivity index (χ2v) is 4.72. The van der Waals surface area contributed by atoms with Crippen molar-refractivity contribution in [1.29, 1.82) is 0 Å². The van der Waals surface area contributed by atoms with E-state index in [-0.39, 0.29) is 10.8 Å². The van der Waals surface area contributed by atoms with Crippen LogP contribution in [0.25, 0.3) is 5.53 Å². The molecule has 62 valence electrons. The van der Waals surface area contributed by atoms with Crippen molar-refractivity contribution in [2.24, 2.45) is 10.8 Å². The molecule has 2 heteroatoms. The quantitative estimate of drug-likeness (QED) is 0.378. The van der Waals surface area contributed by atoms with E-state index < -0.39 is 0 Å². The Morgan fingerprint density at radius 3 is 1.64 bits per heavy atom. The topological polar surface area (TPSA) is 36.4 Å². The molecule has 11 heavy (non-hydrogen) atoms. The fourth-order valence-electron chi connectivity index (χ4n) is 2.05. The van der Waals surface area contributed by atoms with Gasteiger partial charge in [-0.05, 0) is 40.5 Å². The Balaban J connectivity index is 3.09. The minimum Gasteiger partial charge on any atom is -0.362 e. The van der Waals surface area contributed by atoms with Gasteiger partial charge in [0.05, 0.1) is 10.8 Å². The first-order valence-corrected chi connectivity index (χ1v) is 4.13. The Kier molecular flexibility index (Phi) is 1.68. The minimum atomic E-state index is 0.0955. The molecule has 0 radical (unpaired) electrons. The molecule has 0 spiro atoms. The lowest BCUT2D eigenvalue weighted by Gasteiger charge is -2.15. The molecule has 0 N–H and O–H groups in total. The molecule has 1 aliphatic rings. The van der Waals surface area contributed by atoms with Gasteiger partial charge in [0, 0.05) is 0 Å². The van der Waals surface area contributed by atoms with Crippen molar-refractivity contribution < 1.29 is 4.79 Å². The normalized spacial score (nSPS) is 26.7. The summed E-state index contributed by atoms with van der Waals surface area (Å²) in [6.45, 7) is 8.54. The summed E-state index contributed by atoms with van der Waals surface area (Å²) in [7, 11) is 0. The van der Waals surface area contributed by atoms with Gasteiger partial charge in [0.15, 0.2) is 0 Å². The van der Waals surface area contributed by atoms with Crippen LogP contribution in [0.3, 0.4) is 0 Å². The Morgan fingerprint density at radius 2 is 1.45 bits per heavy atom. The molecule has 0 heterocycles. The van der Waals surface area contributed by atoms with E-state index in [0.717, 1.165) is 18.6 Å². The van der Waals surface area contributed by atoms with E-state index in [1.807, 2.05) is 0 Å². The molecule has 0 unspecified atom stereocenters.